The van der Waals surface area contributed by atoms with Gasteiger partial charge in [-0.25, -0.2) is 9.59 Å². The smallest absolute Gasteiger partial charge is 0.341 e. The van der Waals surface area contributed by atoms with E-state index < -0.39 is 11.9 Å². The van der Waals surface area contributed by atoms with Crippen LogP contribution >= 0.6 is 0 Å². The van der Waals surface area contributed by atoms with Gasteiger partial charge < -0.3 is 18.3 Å². The largest absolute Gasteiger partial charge is 0.472 e. The number of ether oxygens (including phenoxy) is 2. The first-order chi connectivity index (χ1) is 11.7. The molecule has 2 aromatic heterocycles. The standard InChI is InChI=1S/C18H14O6/c19-17(15-4-6-21-11-15)23-9-13-2-1-3-14(8-13)10-24-18(20)16-5-7-22-12-16/h1-8,11-12H,9-10H2. The zero-order chi connectivity index (χ0) is 16.8. The lowest BCUT2D eigenvalue weighted by Gasteiger charge is -2.07. The van der Waals surface area contributed by atoms with Gasteiger partial charge in [-0.3, -0.25) is 0 Å². The van der Waals surface area contributed by atoms with E-state index in [1.807, 2.05) is 24.3 Å². The summed E-state index contributed by atoms with van der Waals surface area (Å²) >= 11 is 0. The molecule has 0 radical (unpaired) electrons. The minimum Gasteiger partial charge on any atom is -0.472 e. The molecule has 0 N–H and O–H groups in total. The molecule has 6 nitrogen and oxygen atoms in total. The summed E-state index contributed by atoms with van der Waals surface area (Å²) in [6.45, 7) is 0.237. The highest BCUT2D eigenvalue weighted by Crippen LogP contribution is 2.11. The monoisotopic (exact) mass is 326 g/mol. The third-order valence-electron chi connectivity index (χ3n) is 3.25. The van der Waals surface area contributed by atoms with Crippen molar-refractivity contribution < 1.29 is 27.9 Å². The summed E-state index contributed by atoms with van der Waals surface area (Å²) in [5.41, 5.74) is 2.31. The lowest BCUT2D eigenvalue weighted by atomic mass is 10.1. The van der Waals surface area contributed by atoms with E-state index in [4.69, 9.17) is 18.3 Å². The molecule has 0 unspecified atom stereocenters. The summed E-state index contributed by atoms with van der Waals surface area (Å²) in [6.07, 6.45) is 5.47. The third-order valence-corrected chi connectivity index (χ3v) is 3.25. The zero-order valence-corrected chi connectivity index (χ0v) is 12.6. The van der Waals surface area contributed by atoms with Gasteiger partial charge in [0.25, 0.3) is 0 Å². The van der Waals surface area contributed by atoms with Crippen LogP contribution in [-0.2, 0) is 22.7 Å². The average molecular weight is 326 g/mol. The van der Waals surface area contributed by atoms with Crippen LogP contribution in [0.3, 0.4) is 0 Å². The number of hydrogen-bond donors (Lipinski definition) is 0. The fourth-order valence-corrected chi connectivity index (χ4v) is 2.03. The van der Waals surface area contributed by atoms with Gasteiger partial charge in [0.15, 0.2) is 0 Å². The first-order valence-electron chi connectivity index (χ1n) is 7.19. The molecule has 0 aliphatic heterocycles. The van der Waals surface area contributed by atoms with E-state index in [1.165, 1.54) is 37.2 Å². The van der Waals surface area contributed by atoms with E-state index in [0.717, 1.165) is 11.1 Å². The molecule has 0 atom stereocenters. The topological polar surface area (TPSA) is 78.9 Å². The highest BCUT2D eigenvalue weighted by molar-refractivity contribution is 5.89. The molecule has 0 aliphatic carbocycles. The molecule has 0 spiro atoms. The summed E-state index contributed by atoms with van der Waals surface area (Å²) < 4.78 is 20.1. The van der Waals surface area contributed by atoms with Gasteiger partial charge >= 0.3 is 11.9 Å². The summed E-state index contributed by atoms with van der Waals surface area (Å²) in [5.74, 6) is -0.916. The highest BCUT2D eigenvalue weighted by atomic mass is 16.5. The van der Waals surface area contributed by atoms with Crippen LogP contribution in [0, 0.1) is 0 Å². The molecule has 2 heterocycles. The Balaban J connectivity index is 1.54. The van der Waals surface area contributed by atoms with Crippen LogP contribution in [0.1, 0.15) is 31.8 Å². The van der Waals surface area contributed by atoms with Gasteiger partial charge in [0.05, 0.1) is 23.7 Å². The lowest BCUT2D eigenvalue weighted by Crippen LogP contribution is -2.06. The van der Waals surface area contributed by atoms with Crippen molar-refractivity contribution in [1.29, 1.82) is 0 Å². The van der Waals surface area contributed by atoms with Gasteiger partial charge in [0, 0.05) is 0 Å². The molecule has 0 saturated carbocycles. The minimum atomic E-state index is -0.458. The Bertz CT molecular complexity index is 736. The first-order valence-corrected chi connectivity index (χ1v) is 7.19. The van der Waals surface area contributed by atoms with Gasteiger partial charge in [-0.05, 0) is 29.3 Å². The van der Waals surface area contributed by atoms with Crippen LogP contribution in [0.4, 0.5) is 0 Å². The second-order valence-electron chi connectivity index (χ2n) is 5.00. The maximum atomic E-state index is 11.7. The fraction of sp³-hybridized carbons (Fsp3) is 0.111. The number of furan rings is 2. The number of esters is 2. The molecule has 0 bridgehead atoms. The maximum absolute atomic E-state index is 11.7. The van der Waals surface area contributed by atoms with Crippen molar-refractivity contribution in [3.63, 3.8) is 0 Å². The van der Waals surface area contributed by atoms with Crippen molar-refractivity contribution >= 4 is 11.9 Å². The quantitative estimate of drug-likeness (QED) is 0.644. The van der Waals surface area contributed by atoms with E-state index in [1.54, 1.807) is 0 Å². The fourth-order valence-electron chi connectivity index (χ4n) is 2.03. The van der Waals surface area contributed by atoms with Crippen molar-refractivity contribution in [2.24, 2.45) is 0 Å². The first kappa shape index (κ1) is 15.6. The van der Waals surface area contributed by atoms with E-state index in [0.29, 0.717) is 11.1 Å². The van der Waals surface area contributed by atoms with Crippen LogP contribution in [0.5, 0.6) is 0 Å². The van der Waals surface area contributed by atoms with Gasteiger partial charge in [0.2, 0.25) is 0 Å². The van der Waals surface area contributed by atoms with Crippen molar-refractivity contribution in [3.8, 4) is 0 Å². The Morgan fingerprint density at radius 1 is 0.792 bits per heavy atom. The van der Waals surface area contributed by atoms with Gasteiger partial charge in [-0.15, -0.1) is 0 Å². The predicted octanol–water partition coefficient (Wildman–Crippen LogP) is 3.59. The average Bonchev–Trinajstić information content (AvgIpc) is 3.31. The molecular weight excluding hydrogens is 312 g/mol. The third kappa shape index (κ3) is 3.92. The van der Waals surface area contributed by atoms with E-state index >= 15 is 0 Å². The second-order valence-corrected chi connectivity index (χ2v) is 5.00. The molecule has 1 aromatic carbocycles. The normalized spacial score (nSPS) is 10.3. The number of carbonyl (C=O) groups is 2. The predicted molar refractivity (Wildman–Crippen MR) is 82.1 cm³/mol. The SMILES string of the molecule is O=C(OCc1cccc(COC(=O)c2ccoc2)c1)c1ccoc1. The number of benzene rings is 1. The molecule has 0 aliphatic rings. The van der Waals surface area contributed by atoms with Crippen LogP contribution in [0.2, 0.25) is 0 Å². The van der Waals surface area contributed by atoms with Gasteiger partial charge in [0.1, 0.15) is 25.7 Å². The molecule has 0 amide bonds. The van der Waals surface area contributed by atoms with Crippen molar-refractivity contribution in [1.82, 2.24) is 0 Å². The van der Waals surface area contributed by atoms with Crippen molar-refractivity contribution in [3.05, 3.63) is 83.7 Å². The Hall–Kier alpha value is -3.28. The van der Waals surface area contributed by atoms with Crippen LogP contribution < -0.4 is 0 Å². The molecule has 3 aromatic rings. The summed E-state index contributed by atoms with van der Waals surface area (Å²) in [5, 5.41) is 0. The Kier molecular flexibility index (Phi) is 4.76. The van der Waals surface area contributed by atoms with Crippen LogP contribution in [-0.4, -0.2) is 11.9 Å². The zero-order valence-electron chi connectivity index (χ0n) is 12.6. The molecule has 0 fully saturated rings. The molecule has 3 rings (SSSR count). The maximum Gasteiger partial charge on any atom is 0.341 e. The Morgan fingerprint density at radius 2 is 1.29 bits per heavy atom. The summed E-state index contributed by atoms with van der Waals surface area (Å²) in [7, 11) is 0. The molecular formula is C18H14O6. The van der Waals surface area contributed by atoms with E-state index in [9.17, 15) is 9.59 Å². The molecule has 24 heavy (non-hydrogen) atoms. The van der Waals surface area contributed by atoms with Gasteiger partial charge in [-0.2, -0.15) is 0 Å². The van der Waals surface area contributed by atoms with E-state index in [-0.39, 0.29) is 13.2 Å². The number of hydrogen-bond acceptors (Lipinski definition) is 6. The Morgan fingerprint density at radius 3 is 1.71 bits per heavy atom. The van der Waals surface area contributed by atoms with Crippen molar-refractivity contribution in [2.75, 3.05) is 0 Å². The number of rotatable bonds is 6. The summed E-state index contributed by atoms with van der Waals surface area (Å²) in [6, 6.07) is 10.3. The molecule has 0 saturated heterocycles. The van der Waals surface area contributed by atoms with Crippen LogP contribution in [0.25, 0.3) is 0 Å². The molecule has 122 valence electrons. The minimum absolute atomic E-state index is 0.119. The summed E-state index contributed by atoms with van der Waals surface area (Å²) in [4.78, 5) is 23.5. The second kappa shape index (κ2) is 7.32. The lowest BCUT2D eigenvalue weighted by molar-refractivity contribution is 0.0470. The Labute approximate surface area is 137 Å². The van der Waals surface area contributed by atoms with E-state index in [2.05, 4.69) is 0 Å². The van der Waals surface area contributed by atoms with Crippen LogP contribution in [0.15, 0.2) is 70.3 Å². The highest BCUT2D eigenvalue weighted by Gasteiger charge is 2.10. The van der Waals surface area contributed by atoms with Crippen molar-refractivity contribution in [2.45, 2.75) is 13.2 Å². The number of carbonyl (C=O) groups excluding carboxylic acids is 2. The molecule has 6 heteroatoms. The van der Waals surface area contributed by atoms with Gasteiger partial charge in [-0.1, -0.05) is 18.2 Å².